The summed E-state index contributed by atoms with van der Waals surface area (Å²) in [6.07, 6.45) is 1.24. The molecule has 0 heterocycles. The first-order valence-electron chi connectivity index (χ1n) is 7.16. The highest BCUT2D eigenvalue weighted by atomic mass is 16.5. The number of methoxy groups -OCH3 is 1. The fraction of sp³-hybridized carbons (Fsp3) is 0.500. The second-order valence-corrected chi connectivity index (χ2v) is 5.12. The molecule has 0 aromatic heterocycles. The maximum absolute atomic E-state index is 12.1. The number of hydrogen-bond acceptors (Lipinski definition) is 4. The van der Waals surface area contributed by atoms with Crippen LogP contribution < -0.4 is 10.2 Å². The van der Waals surface area contributed by atoms with Crippen molar-refractivity contribution < 1.29 is 14.3 Å². The van der Waals surface area contributed by atoms with Gasteiger partial charge in [-0.2, -0.15) is 0 Å². The maximum Gasteiger partial charge on any atom is 0.307 e. The number of anilines is 1. The van der Waals surface area contributed by atoms with Gasteiger partial charge in [-0.3, -0.25) is 9.59 Å². The van der Waals surface area contributed by atoms with E-state index in [0.717, 1.165) is 18.7 Å². The molecule has 0 unspecified atom stereocenters. The second kappa shape index (κ2) is 8.29. The van der Waals surface area contributed by atoms with Crippen LogP contribution in [0.3, 0.4) is 0 Å². The highest BCUT2D eigenvalue weighted by Gasteiger charge is 2.13. The lowest BCUT2D eigenvalue weighted by Crippen LogP contribution is -2.34. The smallest absolute Gasteiger partial charge is 0.307 e. The predicted molar refractivity (Wildman–Crippen MR) is 83.6 cm³/mol. The molecule has 0 saturated carbocycles. The molecule has 0 aliphatic heterocycles. The van der Waals surface area contributed by atoms with Crippen LogP contribution in [0.4, 0.5) is 5.69 Å². The van der Waals surface area contributed by atoms with Crippen molar-refractivity contribution in [1.82, 2.24) is 5.32 Å². The van der Waals surface area contributed by atoms with Gasteiger partial charge in [0, 0.05) is 30.9 Å². The normalized spacial score (nSPS) is 11.6. The van der Waals surface area contributed by atoms with Crippen LogP contribution in [-0.4, -0.2) is 38.6 Å². The average Bonchev–Trinajstić information content (AvgIpc) is 2.47. The molecule has 0 bridgehead atoms. The van der Waals surface area contributed by atoms with Crippen molar-refractivity contribution >= 4 is 17.6 Å². The number of rotatable bonds is 7. The standard InChI is InChI=1S/C16H24N2O3/c1-5-10-18(3)14-8-6-13(7-9-14)16(20)17-12(2)11-15(19)21-4/h6-9,12H,5,10-11H2,1-4H3,(H,17,20)/t12-/m1/s1. The molecule has 1 aromatic rings. The SMILES string of the molecule is CCCN(C)c1ccc(C(=O)N[C@H](C)CC(=O)OC)cc1. The van der Waals surface area contributed by atoms with E-state index >= 15 is 0 Å². The highest BCUT2D eigenvalue weighted by molar-refractivity contribution is 5.94. The van der Waals surface area contributed by atoms with Crippen molar-refractivity contribution in [3.63, 3.8) is 0 Å². The van der Waals surface area contributed by atoms with Crippen molar-refractivity contribution in [2.24, 2.45) is 0 Å². The molecule has 0 aliphatic rings. The second-order valence-electron chi connectivity index (χ2n) is 5.12. The maximum atomic E-state index is 12.1. The largest absolute Gasteiger partial charge is 0.469 e. The van der Waals surface area contributed by atoms with Gasteiger partial charge >= 0.3 is 5.97 Å². The van der Waals surface area contributed by atoms with Crippen molar-refractivity contribution in [1.29, 1.82) is 0 Å². The molecule has 1 aromatic carbocycles. The van der Waals surface area contributed by atoms with Gasteiger partial charge in [-0.25, -0.2) is 0 Å². The zero-order valence-electron chi connectivity index (χ0n) is 13.2. The van der Waals surface area contributed by atoms with Gasteiger partial charge in [-0.05, 0) is 37.6 Å². The van der Waals surface area contributed by atoms with Crippen molar-refractivity contribution in [2.45, 2.75) is 32.7 Å². The molecule has 0 aliphatic carbocycles. The summed E-state index contributed by atoms with van der Waals surface area (Å²) in [5.74, 6) is -0.518. The monoisotopic (exact) mass is 292 g/mol. The summed E-state index contributed by atoms with van der Waals surface area (Å²) in [6.45, 7) is 4.88. The van der Waals surface area contributed by atoms with E-state index in [0.29, 0.717) is 5.56 Å². The number of nitrogens with zero attached hydrogens (tertiary/aromatic N) is 1. The molecule has 1 atom stereocenters. The first kappa shape index (κ1) is 17.0. The average molecular weight is 292 g/mol. The molecule has 21 heavy (non-hydrogen) atoms. The van der Waals surface area contributed by atoms with E-state index in [4.69, 9.17) is 0 Å². The lowest BCUT2D eigenvalue weighted by atomic mass is 10.1. The minimum absolute atomic E-state index is 0.166. The van der Waals surface area contributed by atoms with Gasteiger partial charge in [-0.1, -0.05) is 6.92 Å². The van der Waals surface area contributed by atoms with Crippen LogP contribution >= 0.6 is 0 Å². The first-order valence-corrected chi connectivity index (χ1v) is 7.16. The number of nitrogens with one attached hydrogen (secondary N) is 1. The number of ether oxygens (including phenoxy) is 1. The summed E-state index contributed by atoms with van der Waals surface area (Å²) >= 11 is 0. The third-order valence-electron chi connectivity index (χ3n) is 3.21. The fourth-order valence-corrected chi connectivity index (χ4v) is 2.02. The molecule has 5 nitrogen and oxygen atoms in total. The van der Waals surface area contributed by atoms with Gasteiger partial charge in [-0.15, -0.1) is 0 Å². The van der Waals surface area contributed by atoms with Gasteiger partial charge in [0.2, 0.25) is 0 Å². The lowest BCUT2D eigenvalue weighted by molar-refractivity contribution is -0.141. The minimum atomic E-state index is -0.334. The van der Waals surface area contributed by atoms with E-state index < -0.39 is 0 Å². The number of carbonyl (C=O) groups excluding carboxylic acids is 2. The van der Waals surface area contributed by atoms with Crippen LogP contribution in [0.15, 0.2) is 24.3 Å². The van der Waals surface area contributed by atoms with Crippen LogP contribution in [0.25, 0.3) is 0 Å². The molecular formula is C16H24N2O3. The molecular weight excluding hydrogens is 268 g/mol. The van der Waals surface area contributed by atoms with E-state index in [2.05, 4.69) is 21.9 Å². The number of amides is 1. The Hall–Kier alpha value is -2.04. The summed E-state index contributed by atoms with van der Waals surface area (Å²) in [5.41, 5.74) is 1.66. The number of carbonyl (C=O) groups is 2. The Morgan fingerprint density at radius 1 is 1.29 bits per heavy atom. The van der Waals surface area contributed by atoms with E-state index in [9.17, 15) is 9.59 Å². The zero-order valence-corrected chi connectivity index (χ0v) is 13.2. The Bertz CT molecular complexity index is 471. The molecule has 0 fully saturated rings. The van der Waals surface area contributed by atoms with Gasteiger partial charge in [0.05, 0.1) is 13.5 Å². The Labute approximate surface area is 126 Å². The van der Waals surface area contributed by atoms with E-state index in [-0.39, 0.29) is 24.3 Å². The molecule has 5 heteroatoms. The Morgan fingerprint density at radius 2 is 1.90 bits per heavy atom. The molecule has 1 N–H and O–H groups in total. The highest BCUT2D eigenvalue weighted by Crippen LogP contribution is 2.14. The van der Waals surface area contributed by atoms with Crippen molar-refractivity contribution in [3.05, 3.63) is 29.8 Å². The Balaban J connectivity index is 2.60. The molecule has 0 saturated heterocycles. The predicted octanol–water partition coefficient (Wildman–Crippen LogP) is 2.21. The molecule has 0 radical (unpaired) electrons. The van der Waals surface area contributed by atoms with Crippen LogP contribution in [0, 0.1) is 0 Å². The summed E-state index contributed by atoms with van der Waals surface area (Å²) in [7, 11) is 3.36. The zero-order chi connectivity index (χ0) is 15.8. The number of hydrogen-bond donors (Lipinski definition) is 1. The Kier molecular flexibility index (Phi) is 6.72. The van der Waals surface area contributed by atoms with Gasteiger partial charge in [0.25, 0.3) is 5.91 Å². The summed E-state index contributed by atoms with van der Waals surface area (Å²) in [4.78, 5) is 25.3. The third-order valence-corrected chi connectivity index (χ3v) is 3.21. The molecule has 1 rings (SSSR count). The molecule has 116 valence electrons. The van der Waals surface area contributed by atoms with Gasteiger partial charge in [0.1, 0.15) is 0 Å². The molecule has 0 spiro atoms. The summed E-state index contributed by atoms with van der Waals surface area (Å²) < 4.78 is 4.58. The van der Waals surface area contributed by atoms with Crippen molar-refractivity contribution in [2.75, 3.05) is 25.6 Å². The lowest BCUT2D eigenvalue weighted by Gasteiger charge is -2.18. The Morgan fingerprint density at radius 3 is 2.43 bits per heavy atom. The minimum Gasteiger partial charge on any atom is -0.469 e. The van der Waals surface area contributed by atoms with Crippen molar-refractivity contribution in [3.8, 4) is 0 Å². The number of esters is 1. The summed E-state index contributed by atoms with van der Waals surface area (Å²) in [5, 5.41) is 2.78. The first-order chi connectivity index (χ1) is 9.97. The summed E-state index contributed by atoms with van der Waals surface area (Å²) in [6, 6.07) is 7.18. The van der Waals surface area contributed by atoms with E-state index in [1.54, 1.807) is 19.1 Å². The topological polar surface area (TPSA) is 58.6 Å². The van der Waals surface area contributed by atoms with Crippen LogP contribution in [0.5, 0.6) is 0 Å². The third kappa shape index (κ3) is 5.45. The van der Waals surface area contributed by atoms with Gasteiger partial charge < -0.3 is 15.0 Å². The number of benzene rings is 1. The quantitative estimate of drug-likeness (QED) is 0.783. The fourth-order valence-electron chi connectivity index (χ4n) is 2.02. The van der Waals surface area contributed by atoms with Crippen LogP contribution in [0.2, 0.25) is 0 Å². The van der Waals surface area contributed by atoms with E-state index in [1.807, 2.05) is 19.2 Å². The van der Waals surface area contributed by atoms with Crippen LogP contribution in [-0.2, 0) is 9.53 Å². The van der Waals surface area contributed by atoms with E-state index in [1.165, 1.54) is 7.11 Å². The van der Waals surface area contributed by atoms with Gasteiger partial charge in [0.15, 0.2) is 0 Å². The van der Waals surface area contributed by atoms with Crippen LogP contribution in [0.1, 0.15) is 37.0 Å². The molecule has 1 amide bonds.